The Labute approximate surface area is 141 Å². The van der Waals surface area contributed by atoms with Gasteiger partial charge in [-0.25, -0.2) is 4.79 Å². The van der Waals surface area contributed by atoms with E-state index in [2.05, 4.69) is 0 Å². The lowest BCUT2D eigenvalue weighted by molar-refractivity contribution is -0.235. The van der Waals surface area contributed by atoms with Crippen LogP contribution < -0.4 is 0 Å². The van der Waals surface area contributed by atoms with E-state index < -0.39 is 17.7 Å². The molecule has 0 radical (unpaired) electrons. The Morgan fingerprint density at radius 1 is 1.21 bits per heavy atom. The summed E-state index contributed by atoms with van der Waals surface area (Å²) in [5.74, 6) is -0.883. The summed E-state index contributed by atoms with van der Waals surface area (Å²) in [7, 11) is 1.60. The van der Waals surface area contributed by atoms with Gasteiger partial charge in [0, 0.05) is 13.0 Å². The van der Waals surface area contributed by atoms with E-state index in [4.69, 9.17) is 23.7 Å². The zero-order chi connectivity index (χ0) is 16.9. The first kappa shape index (κ1) is 16.0. The Bertz CT molecular complexity index is 630. The first-order valence-electron chi connectivity index (χ1n) is 8.24. The van der Waals surface area contributed by atoms with Gasteiger partial charge in [-0.3, -0.25) is 0 Å². The predicted molar refractivity (Wildman–Crippen MR) is 83.3 cm³/mol. The summed E-state index contributed by atoms with van der Waals surface area (Å²) in [5.41, 5.74) is 0.0737. The van der Waals surface area contributed by atoms with Crippen LogP contribution in [-0.4, -0.2) is 49.6 Å². The van der Waals surface area contributed by atoms with Crippen molar-refractivity contribution < 1.29 is 28.5 Å². The van der Waals surface area contributed by atoms with Crippen LogP contribution in [0.2, 0.25) is 0 Å². The van der Waals surface area contributed by atoms with Crippen molar-refractivity contribution in [3.8, 4) is 0 Å². The summed E-state index contributed by atoms with van der Waals surface area (Å²) in [4.78, 5) is 12.1. The molecule has 4 rings (SSSR count). The van der Waals surface area contributed by atoms with Crippen molar-refractivity contribution in [3.63, 3.8) is 0 Å². The van der Waals surface area contributed by atoms with Crippen molar-refractivity contribution in [3.05, 3.63) is 35.9 Å². The van der Waals surface area contributed by atoms with E-state index in [0.29, 0.717) is 12.2 Å². The Hall–Kier alpha value is -1.47. The quantitative estimate of drug-likeness (QED) is 0.786. The van der Waals surface area contributed by atoms with Crippen LogP contribution in [0.4, 0.5) is 0 Å². The summed E-state index contributed by atoms with van der Waals surface area (Å²) in [5, 5.41) is 0. The van der Waals surface area contributed by atoms with Crippen molar-refractivity contribution in [2.45, 2.75) is 50.2 Å². The van der Waals surface area contributed by atoms with Crippen molar-refractivity contribution >= 4 is 5.97 Å². The van der Waals surface area contributed by atoms with Crippen LogP contribution in [0, 0.1) is 5.92 Å². The lowest BCUT2D eigenvalue weighted by Gasteiger charge is -2.24. The minimum absolute atomic E-state index is 0.0929. The number of carbonyl (C=O) groups excluding carboxylic acids is 1. The van der Waals surface area contributed by atoms with Gasteiger partial charge in [0.05, 0.1) is 12.2 Å². The molecule has 5 atom stereocenters. The van der Waals surface area contributed by atoms with Crippen LogP contribution in [0.3, 0.4) is 0 Å². The minimum atomic E-state index is -0.656. The van der Waals surface area contributed by atoms with Gasteiger partial charge in [-0.1, -0.05) is 18.2 Å². The van der Waals surface area contributed by atoms with E-state index in [-0.39, 0.29) is 24.1 Å². The van der Waals surface area contributed by atoms with E-state index in [0.717, 1.165) is 6.42 Å². The molecule has 3 aliphatic rings. The zero-order valence-corrected chi connectivity index (χ0v) is 14.1. The topological polar surface area (TPSA) is 63.2 Å². The summed E-state index contributed by atoms with van der Waals surface area (Å²) in [6, 6.07) is 8.97. The fourth-order valence-corrected chi connectivity index (χ4v) is 3.75. The van der Waals surface area contributed by atoms with Gasteiger partial charge in [0.25, 0.3) is 0 Å². The first-order chi connectivity index (χ1) is 11.5. The van der Waals surface area contributed by atoms with Crippen LogP contribution in [-0.2, 0) is 23.7 Å². The van der Waals surface area contributed by atoms with Gasteiger partial charge in [-0.15, -0.1) is 0 Å². The Kier molecular flexibility index (Phi) is 3.69. The fourth-order valence-electron chi connectivity index (χ4n) is 3.75. The number of esters is 1. The highest BCUT2D eigenvalue weighted by atomic mass is 16.8. The molecule has 6 nitrogen and oxygen atoms in total. The molecule has 1 aromatic carbocycles. The zero-order valence-electron chi connectivity index (χ0n) is 14.1. The molecule has 1 saturated carbocycles. The number of methoxy groups -OCH3 is 1. The molecule has 0 amide bonds. The number of fused-ring (bicyclic) bond motifs is 2. The molecule has 130 valence electrons. The molecule has 2 saturated heterocycles. The molecule has 2 heterocycles. The lowest BCUT2D eigenvalue weighted by atomic mass is 10.1. The normalized spacial score (nSPS) is 39.0. The van der Waals surface area contributed by atoms with Gasteiger partial charge < -0.3 is 23.7 Å². The molecule has 1 spiro atoms. The third kappa shape index (κ3) is 2.54. The molecule has 2 aliphatic heterocycles. The van der Waals surface area contributed by atoms with Crippen molar-refractivity contribution in [2.75, 3.05) is 13.7 Å². The standard InChI is InChI=1S/C18H22O6/c1-17(2)22-13-14(23-17)18(24-16(13)20-3)9-12(18)10-21-15(19)11-7-5-4-6-8-11/h4-8,12-14,16H,9-10H2,1-3H3/t12-,13?,14?,16-,18+/m1/s1. The number of carbonyl (C=O) groups is 1. The van der Waals surface area contributed by atoms with Gasteiger partial charge in [-0.05, 0) is 32.4 Å². The lowest BCUT2D eigenvalue weighted by Crippen LogP contribution is -2.33. The van der Waals surface area contributed by atoms with Gasteiger partial charge >= 0.3 is 5.97 Å². The molecule has 1 aliphatic carbocycles. The first-order valence-corrected chi connectivity index (χ1v) is 8.24. The maximum atomic E-state index is 12.1. The molecule has 0 bridgehead atoms. The smallest absolute Gasteiger partial charge is 0.338 e. The van der Waals surface area contributed by atoms with Gasteiger partial charge in [-0.2, -0.15) is 0 Å². The monoisotopic (exact) mass is 334 g/mol. The number of hydrogen-bond donors (Lipinski definition) is 0. The maximum absolute atomic E-state index is 12.1. The number of rotatable bonds is 4. The second-order valence-electron chi connectivity index (χ2n) is 7.06. The van der Waals surface area contributed by atoms with Crippen molar-refractivity contribution in [2.24, 2.45) is 5.92 Å². The number of hydrogen-bond acceptors (Lipinski definition) is 6. The maximum Gasteiger partial charge on any atom is 0.338 e. The van der Waals surface area contributed by atoms with E-state index in [1.165, 1.54) is 0 Å². The Balaban J connectivity index is 1.41. The predicted octanol–water partition coefficient (Wildman–Crippen LogP) is 2.12. The second-order valence-corrected chi connectivity index (χ2v) is 7.06. The van der Waals surface area contributed by atoms with Gasteiger partial charge in [0.1, 0.15) is 17.8 Å². The van der Waals surface area contributed by atoms with E-state index in [1.54, 1.807) is 19.2 Å². The summed E-state index contributed by atoms with van der Waals surface area (Å²) in [6.07, 6.45) is -0.125. The van der Waals surface area contributed by atoms with E-state index in [9.17, 15) is 4.79 Å². The highest BCUT2D eigenvalue weighted by molar-refractivity contribution is 5.89. The highest BCUT2D eigenvalue weighted by Gasteiger charge is 2.73. The van der Waals surface area contributed by atoms with E-state index in [1.807, 2.05) is 32.0 Å². The average Bonchev–Trinajstić information content (AvgIpc) is 3.07. The number of benzene rings is 1. The molecule has 2 unspecified atom stereocenters. The summed E-state index contributed by atoms with van der Waals surface area (Å²) < 4.78 is 28.9. The van der Waals surface area contributed by atoms with Gasteiger partial charge in [0.15, 0.2) is 12.1 Å². The Morgan fingerprint density at radius 2 is 1.96 bits per heavy atom. The molecule has 1 aromatic rings. The highest BCUT2D eigenvalue weighted by Crippen LogP contribution is 2.60. The van der Waals surface area contributed by atoms with Crippen LogP contribution in [0.1, 0.15) is 30.6 Å². The second kappa shape index (κ2) is 5.52. The summed E-state index contributed by atoms with van der Waals surface area (Å²) in [6.45, 7) is 4.08. The summed E-state index contributed by atoms with van der Waals surface area (Å²) >= 11 is 0. The van der Waals surface area contributed by atoms with Gasteiger partial charge in [0.2, 0.25) is 0 Å². The third-order valence-corrected chi connectivity index (χ3v) is 4.97. The molecular formula is C18H22O6. The third-order valence-electron chi connectivity index (χ3n) is 4.97. The SMILES string of the molecule is CO[C@@H]1O[C@]2(C[C@@H]2COC(=O)c2ccccc2)C2OC(C)(C)OC21. The van der Waals surface area contributed by atoms with Crippen molar-refractivity contribution in [1.82, 2.24) is 0 Å². The van der Waals surface area contributed by atoms with Crippen LogP contribution >= 0.6 is 0 Å². The molecule has 3 fully saturated rings. The Morgan fingerprint density at radius 3 is 2.67 bits per heavy atom. The fraction of sp³-hybridized carbons (Fsp3) is 0.611. The number of ether oxygens (including phenoxy) is 5. The van der Waals surface area contributed by atoms with Crippen molar-refractivity contribution in [1.29, 1.82) is 0 Å². The molecule has 24 heavy (non-hydrogen) atoms. The van der Waals surface area contributed by atoms with Crippen LogP contribution in [0.25, 0.3) is 0 Å². The molecule has 0 aromatic heterocycles. The molecule has 0 N–H and O–H groups in total. The molecular weight excluding hydrogens is 312 g/mol. The minimum Gasteiger partial charge on any atom is -0.462 e. The average molecular weight is 334 g/mol. The largest absolute Gasteiger partial charge is 0.462 e. The van der Waals surface area contributed by atoms with Crippen LogP contribution in [0.5, 0.6) is 0 Å². The van der Waals surface area contributed by atoms with E-state index >= 15 is 0 Å². The molecule has 6 heteroatoms. The van der Waals surface area contributed by atoms with Crippen LogP contribution in [0.15, 0.2) is 30.3 Å².